The normalized spacial score (nSPS) is 19.1. The summed E-state index contributed by atoms with van der Waals surface area (Å²) in [4.78, 5) is 0. The van der Waals surface area contributed by atoms with Gasteiger partial charge in [0, 0.05) is 24.3 Å². The van der Waals surface area contributed by atoms with Crippen LogP contribution in [0, 0.1) is 0 Å². The van der Waals surface area contributed by atoms with Crippen LogP contribution in [0.4, 0.5) is 0 Å². The Bertz CT molecular complexity index is 606. The zero-order valence-corrected chi connectivity index (χ0v) is 12.9. The average Bonchev–Trinajstić information content (AvgIpc) is 2.91. The molecule has 0 fully saturated rings. The third-order valence-corrected chi connectivity index (χ3v) is 4.02. The average molecular weight is 323 g/mol. The number of aliphatic hydroxyl groups is 1. The number of halogens is 1. The quantitative estimate of drug-likeness (QED) is 0.878. The highest BCUT2D eigenvalue weighted by atomic mass is 35.5. The molecule has 0 saturated carbocycles. The van der Waals surface area contributed by atoms with Gasteiger partial charge in [0.2, 0.25) is 0 Å². The monoisotopic (exact) mass is 322 g/mol. The molecule has 3 rings (SSSR count). The molecule has 1 aliphatic heterocycles. The molecule has 0 spiro atoms. The third kappa shape index (κ3) is 3.58. The topological polar surface area (TPSA) is 72.2 Å². The van der Waals surface area contributed by atoms with Crippen molar-refractivity contribution in [3.8, 4) is 5.75 Å². The van der Waals surface area contributed by atoms with Crippen LogP contribution in [0.2, 0.25) is 5.02 Å². The van der Waals surface area contributed by atoms with E-state index in [1.807, 2.05) is 18.2 Å². The summed E-state index contributed by atoms with van der Waals surface area (Å²) < 4.78 is 7.36. The number of hydrogen-bond acceptors (Lipinski definition) is 5. The van der Waals surface area contributed by atoms with Crippen molar-refractivity contribution < 1.29 is 9.84 Å². The second-order valence-corrected chi connectivity index (χ2v) is 5.80. The SMILES string of the molecule is OC(CNC1CCCOc2c(Cl)cccc21)Cn1ccnn1. The van der Waals surface area contributed by atoms with Crippen molar-refractivity contribution in [2.24, 2.45) is 0 Å². The molecule has 2 atom stereocenters. The van der Waals surface area contributed by atoms with Crippen LogP contribution < -0.4 is 10.1 Å². The fourth-order valence-electron chi connectivity index (χ4n) is 2.67. The first-order chi connectivity index (χ1) is 10.7. The van der Waals surface area contributed by atoms with Crippen molar-refractivity contribution in [3.05, 3.63) is 41.2 Å². The fraction of sp³-hybridized carbons (Fsp3) is 0.467. The highest BCUT2D eigenvalue weighted by Crippen LogP contribution is 2.36. The lowest BCUT2D eigenvalue weighted by atomic mass is 10.0. The Morgan fingerprint density at radius 2 is 2.41 bits per heavy atom. The molecule has 2 aromatic rings. The van der Waals surface area contributed by atoms with E-state index in [4.69, 9.17) is 16.3 Å². The van der Waals surface area contributed by atoms with Crippen LogP contribution >= 0.6 is 11.6 Å². The van der Waals surface area contributed by atoms with E-state index in [1.165, 1.54) is 0 Å². The smallest absolute Gasteiger partial charge is 0.142 e. The third-order valence-electron chi connectivity index (χ3n) is 3.73. The summed E-state index contributed by atoms with van der Waals surface area (Å²) in [6, 6.07) is 5.91. The molecule has 7 heteroatoms. The van der Waals surface area contributed by atoms with Crippen LogP contribution in [0.25, 0.3) is 0 Å². The van der Waals surface area contributed by atoms with Crippen molar-refractivity contribution in [1.29, 1.82) is 0 Å². The van der Waals surface area contributed by atoms with Crippen LogP contribution in [-0.2, 0) is 6.54 Å². The molecule has 1 aromatic carbocycles. The van der Waals surface area contributed by atoms with Crippen molar-refractivity contribution in [2.45, 2.75) is 31.5 Å². The number of nitrogens with zero attached hydrogens (tertiary/aromatic N) is 3. The first-order valence-corrected chi connectivity index (χ1v) is 7.78. The van der Waals surface area contributed by atoms with Crippen LogP contribution in [0.15, 0.2) is 30.6 Å². The van der Waals surface area contributed by atoms with E-state index in [2.05, 4.69) is 15.6 Å². The Balaban J connectivity index is 1.64. The first-order valence-electron chi connectivity index (χ1n) is 7.41. The number of hydrogen-bond donors (Lipinski definition) is 2. The number of para-hydroxylation sites is 1. The second-order valence-electron chi connectivity index (χ2n) is 5.39. The molecule has 2 heterocycles. The number of fused-ring (bicyclic) bond motifs is 1. The van der Waals surface area contributed by atoms with Gasteiger partial charge in [-0.2, -0.15) is 0 Å². The molecule has 0 bridgehead atoms. The van der Waals surface area contributed by atoms with E-state index in [9.17, 15) is 5.11 Å². The van der Waals surface area contributed by atoms with Gasteiger partial charge in [0.25, 0.3) is 0 Å². The lowest BCUT2D eigenvalue weighted by Gasteiger charge is -2.21. The maximum atomic E-state index is 10.1. The lowest BCUT2D eigenvalue weighted by molar-refractivity contribution is 0.141. The number of ether oxygens (including phenoxy) is 1. The van der Waals surface area contributed by atoms with Crippen LogP contribution in [-0.4, -0.2) is 39.4 Å². The van der Waals surface area contributed by atoms with E-state index < -0.39 is 6.10 Å². The van der Waals surface area contributed by atoms with Gasteiger partial charge in [-0.25, -0.2) is 4.68 Å². The van der Waals surface area contributed by atoms with Gasteiger partial charge < -0.3 is 15.2 Å². The number of nitrogens with one attached hydrogen (secondary N) is 1. The fourth-order valence-corrected chi connectivity index (χ4v) is 2.91. The van der Waals surface area contributed by atoms with Gasteiger partial charge in [-0.3, -0.25) is 0 Å². The van der Waals surface area contributed by atoms with Crippen molar-refractivity contribution in [3.63, 3.8) is 0 Å². The Kier molecular flexibility index (Phi) is 4.92. The Labute approximate surface area is 134 Å². The predicted octanol–water partition coefficient (Wildman–Crippen LogP) is 1.80. The molecule has 22 heavy (non-hydrogen) atoms. The maximum absolute atomic E-state index is 10.1. The standard InChI is InChI=1S/C15H19ClN4O2/c16-13-4-1-3-12-14(5-2-8-22-15(12)13)17-9-11(21)10-20-7-6-18-19-20/h1,3-4,6-7,11,14,17,21H,2,5,8-10H2. The van der Waals surface area contributed by atoms with E-state index in [0.29, 0.717) is 24.7 Å². The van der Waals surface area contributed by atoms with Gasteiger partial charge in [0.05, 0.1) is 30.5 Å². The van der Waals surface area contributed by atoms with Gasteiger partial charge >= 0.3 is 0 Å². The van der Waals surface area contributed by atoms with Crippen molar-refractivity contribution in [1.82, 2.24) is 20.3 Å². The van der Waals surface area contributed by atoms with Gasteiger partial charge in [0.1, 0.15) is 5.75 Å². The zero-order chi connectivity index (χ0) is 15.4. The van der Waals surface area contributed by atoms with Gasteiger partial charge in [0.15, 0.2) is 0 Å². The molecule has 0 radical (unpaired) electrons. The maximum Gasteiger partial charge on any atom is 0.142 e. The second kappa shape index (κ2) is 7.09. The van der Waals surface area contributed by atoms with Crippen molar-refractivity contribution in [2.75, 3.05) is 13.2 Å². The van der Waals surface area contributed by atoms with E-state index in [-0.39, 0.29) is 6.04 Å². The Hall–Kier alpha value is -1.63. The van der Waals surface area contributed by atoms with Gasteiger partial charge in [-0.05, 0) is 18.9 Å². The Morgan fingerprint density at radius 3 is 3.23 bits per heavy atom. The molecule has 2 N–H and O–H groups in total. The predicted molar refractivity (Wildman–Crippen MR) is 83.0 cm³/mol. The zero-order valence-electron chi connectivity index (χ0n) is 12.2. The molecular formula is C15H19ClN4O2. The minimum atomic E-state index is -0.534. The summed E-state index contributed by atoms with van der Waals surface area (Å²) in [5, 5.41) is 21.7. The summed E-state index contributed by atoms with van der Waals surface area (Å²) in [6.45, 7) is 1.55. The highest BCUT2D eigenvalue weighted by Gasteiger charge is 2.22. The van der Waals surface area contributed by atoms with E-state index in [0.717, 1.165) is 24.2 Å². The summed E-state index contributed by atoms with van der Waals surface area (Å²) >= 11 is 6.22. The van der Waals surface area contributed by atoms with Gasteiger partial charge in [-0.1, -0.05) is 28.9 Å². The summed E-state index contributed by atoms with van der Waals surface area (Å²) in [7, 11) is 0. The molecule has 1 aliphatic rings. The number of aliphatic hydroxyl groups excluding tert-OH is 1. The largest absolute Gasteiger partial charge is 0.492 e. The molecule has 0 amide bonds. The molecule has 118 valence electrons. The molecular weight excluding hydrogens is 304 g/mol. The summed E-state index contributed by atoms with van der Waals surface area (Å²) in [5.74, 6) is 0.755. The number of benzene rings is 1. The summed E-state index contributed by atoms with van der Waals surface area (Å²) in [5.41, 5.74) is 1.05. The molecule has 6 nitrogen and oxygen atoms in total. The van der Waals surface area contributed by atoms with Gasteiger partial charge in [-0.15, -0.1) is 5.10 Å². The molecule has 1 aromatic heterocycles. The Morgan fingerprint density at radius 1 is 1.50 bits per heavy atom. The highest BCUT2D eigenvalue weighted by molar-refractivity contribution is 6.32. The number of rotatable bonds is 5. The first kappa shape index (κ1) is 15.3. The minimum Gasteiger partial charge on any atom is -0.492 e. The molecule has 2 unspecified atom stereocenters. The lowest BCUT2D eigenvalue weighted by Crippen LogP contribution is -2.33. The molecule has 0 saturated heterocycles. The van der Waals surface area contributed by atoms with Crippen LogP contribution in [0.3, 0.4) is 0 Å². The summed E-state index contributed by atoms with van der Waals surface area (Å²) in [6.07, 6.45) is 4.69. The molecule has 0 aliphatic carbocycles. The van der Waals surface area contributed by atoms with Crippen LogP contribution in [0.1, 0.15) is 24.4 Å². The van der Waals surface area contributed by atoms with Crippen LogP contribution in [0.5, 0.6) is 5.75 Å². The number of aromatic nitrogens is 3. The van der Waals surface area contributed by atoms with E-state index in [1.54, 1.807) is 17.1 Å². The van der Waals surface area contributed by atoms with E-state index >= 15 is 0 Å². The van der Waals surface area contributed by atoms with Crippen molar-refractivity contribution >= 4 is 11.6 Å². The minimum absolute atomic E-state index is 0.126.